The molecule has 1 aromatic carbocycles. The zero-order valence-electron chi connectivity index (χ0n) is 23.7. The number of carbonyl (C=O) groups excluding carboxylic acids is 1. The van der Waals surface area contributed by atoms with Crippen LogP contribution in [0.5, 0.6) is 5.75 Å². The van der Waals surface area contributed by atoms with Crippen molar-refractivity contribution in [2.45, 2.75) is 52.4 Å². The highest BCUT2D eigenvalue weighted by Gasteiger charge is 2.30. The van der Waals surface area contributed by atoms with E-state index in [1.165, 1.54) is 58.9 Å². The summed E-state index contributed by atoms with van der Waals surface area (Å²) < 4.78 is 28.0. The highest BCUT2D eigenvalue weighted by molar-refractivity contribution is 7.21. The molecule has 0 bridgehead atoms. The van der Waals surface area contributed by atoms with E-state index >= 15 is 0 Å². The summed E-state index contributed by atoms with van der Waals surface area (Å²) >= 11 is 1.13. The third-order valence-corrected chi connectivity index (χ3v) is 8.26. The molecule has 0 spiro atoms. The molecule has 3 aromatic heterocycles. The topological polar surface area (TPSA) is 134 Å². The monoisotopic (exact) mass is 588 g/mol. The third kappa shape index (κ3) is 5.67. The van der Waals surface area contributed by atoms with Crippen LogP contribution in [0, 0.1) is 12.7 Å². The first-order chi connectivity index (χ1) is 19.5. The van der Waals surface area contributed by atoms with Crippen molar-refractivity contribution in [3.05, 3.63) is 68.4 Å². The van der Waals surface area contributed by atoms with Crippen molar-refractivity contribution in [1.82, 2.24) is 29.0 Å². The van der Waals surface area contributed by atoms with Gasteiger partial charge in [0.1, 0.15) is 33.5 Å². The van der Waals surface area contributed by atoms with E-state index in [9.17, 15) is 23.9 Å². The van der Waals surface area contributed by atoms with Crippen molar-refractivity contribution < 1.29 is 23.8 Å². The normalized spacial score (nSPS) is 13.1. The quantitative estimate of drug-likeness (QED) is 0.283. The first-order valence-corrected chi connectivity index (χ1v) is 13.8. The maximum atomic E-state index is 14.4. The van der Waals surface area contributed by atoms with Crippen LogP contribution in [0.3, 0.4) is 0 Å². The van der Waals surface area contributed by atoms with Crippen molar-refractivity contribution in [3.63, 3.8) is 0 Å². The average molecular weight is 589 g/mol. The Balaban J connectivity index is 2.00. The van der Waals surface area contributed by atoms with E-state index in [4.69, 9.17) is 9.47 Å². The fraction of sp³-hybridized carbons (Fsp3) is 0.444. The van der Waals surface area contributed by atoms with E-state index in [0.717, 1.165) is 15.9 Å². The van der Waals surface area contributed by atoms with E-state index in [1.807, 2.05) is 13.8 Å². The van der Waals surface area contributed by atoms with Crippen LogP contribution in [-0.4, -0.2) is 73.5 Å². The molecule has 12 nitrogen and oxygen atoms in total. The second-order valence-corrected chi connectivity index (χ2v) is 10.8. The number of aliphatic hydroxyl groups excluding tert-OH is 1. The minimum absolute atomic E-state index is 0.109. The molecule has 0 aliphatic carbocycles. The molecule has 0 aliphatic rings. The van der Waals surface area contributed by atoms with Crippen molar-refractivity contribution in [1.29, 1.82) is 0 Å². The molecule has 4 rings (SSSR count). The number of hydrogen-bond acceptors (Lipinski definition) is 9. The number of amides is 1. The number of aryl methyl sites for hydroxylation is 1. The third-order valence-electron chi connectivity index (χ3n) is 6.98. The number of benzene rings is 1. The van der Waals surface area contributed by atoms with Crippen LogP contribution in [-0.2, 0) is 16.1 Å². The van der Waals surface area contributed by atoms with Gasteiger partial charge in [0.25, 0.3) is 5.56 Å². The van der Waals surface area contributed by atoms with Gasteiger partial charge >= 0.3 is 5.69 Å². The molecule has 3 heterocycles. The summed E-state index contributed by atoms with van der Waals surface area (Å²) in [5, 5.41) is 18.6. The van der Waals surface area contributed by atoms with Gasteiger partial charge in [0, 0.05) is 24.2 Å². The number of carbonyl (C=O) groups is 1. The zero-order chi connectivity index (χ0) is 30.0. The largest absolute Gasteiger partial charge is 0.496 e. The number of aliphatic hydroxyl groups is 1. The smallest absolute Gasteiger partial charge is 0.332 e. The lowest BCUT2D eigenvalue weighted by Crippen LogP contribution is -2.47. The standard InChI is InChI=1S/C27H33FN6O6S/c1-15(2)31(5)23(36)17(4)33-24(37)22-16(3)25(34-29-9-10-30-34)41-26(22)32(27(33)38)14-21(40-12-11-35)19-13-18(28)7-8-20(19)39-6/h7-10,13,15,17,21,35H,11-12,14H2,1-6H3/t17?,21-/m0/s1. The van der Waals surface area contributed by atoms with E-state index in [-0.39, 0.29) is 31.2 Å². The van der Waals surface area contributed by atoms with Gasteiger partial charge in [-0.25, -0.2) is 13.8 Å². The lowest BCUT2D eigenvalue weighted by atomic mass is 10.1. The number of fused-ring (bicyclic) bond motifs is 1. The van der Waals surface area contributed by atoms with Gasteiger partial charge in [0.15, 0.2) is 0 Å². The zero-order valence-corrected chi connectivity index (χ0v) is 24.5. The summed E-state index contributed by atoms with van der Waals surface area (Å²) in [4.78, 5) is 44.5. The number of halogens is 1. The van der Waals surface area contributed by atoms with E-state index in [1.54, 1.807) is 14.0 Å². The molecule has 4 aromatic rings. The number of aromatic nitrogens is 5. The fourth-order valence-corrected chi connectivity index (χ4v) is 5.80. The predicted octanol–water partition coefficient (Wildman–Crippen LogP) is 2.44. The highest BCUT2D eigenvalue weighted by Crippen LogP contribution is 2.34. The van der Waals surface area contributed by atoms with Crippen molar-refractivity contribution >= 4 is 27.5 Å². The minimum Gasteiger partial charge on any atom is -0.496 e. The summed E-state index contributed by atoms with van der Waals surface area (Å²) in [6, 6.07) is 2.63. The molecule has 41 heavy (non-hydrogen) atoms. The van der Waals surface area contributed by atoms with Gasteiger partial charge in [0.05, 0.1) is 44.6 Å². The Morgan fingerprint density at radius 1 is 1.20 bits per heavy atom. The van der Waals surface area contributed by atoms with Crippen LogP contribution in [0.4, 0.5) is 4.39 Å². The molecular weight excluding hydrogens is 555 g/mol. The first kappa shape index (κ1) is 30.1. The van der Waals surface area contributed by atoms with Gasteiger partial charge in [-0.1, -0.05) is 11.3 Å². The number of likely N-dealkylation sites (N-methyl/N-ethyl adjacent to an activating group) is 1. The highest BCUT2D eigenvalue weighted by atomic mass is 32.1. The number of hydrogen-bond donors (Lipinski definition) is 1. The molecule has 2 atom stereocenters. The van der Waals surface area contributed by atoms with Gasteiger partial charge < -0.3 is 19.5 Å². The van der Waals surface area contributed by atoms with Crippen LogP contribution in [0.2, 0.25) is 0 Å². The second-order valence-electron chi connectivity index (χ2n) is 9.79. The SMILES string of the molecule is COc1ccc(F)cc1[C@H](Cn1c(=O)n(C(C)C(=O)N(C)C(C)C)c(=O)c2c(C)c(-n3nccn3)sc21)OCCO. The molecule has 0 aliphatic heterocycles. The van der Waals surface area contributed by atoms with Gasteiger partial charge in [-0.05, 0) is 45.9 Å². The van der Waals surface area contributed by atoms with Crippen molar-refractivity contribution in [2.75, 3.05) is 27.4 Å². The Morgan fingerprint density at radius 3 is 2.49 bits per heavy atom. The first-order valence-electron chi connectivity index (χ1n) is 13.0. The average Bonchev–Trinajstić information content (AvgIpc) is 3.60. The van der Waals surface area contributed by atoms with Crippen LogP contribution in [0.25, 0.3) is 15.2 Å². The van der Waals surface area contributed by atoms with Crippen molar-refractivity contribution in [3.8, 4) is 10.8 Å². The Morgan fingerprint density at radius 2 is 1.88 bits per heavy atom. The maximum Gasteiger partial charge on any atom is 0.332 e. The Labute approximate surface area is 239 Å². The molecular formula is C27H33FN6O6S. The van der Waals surface area contributed by atoms with Crippen molar-refractivity contribution in [2.24, 2.45) is 0 Å². The Hall–Kier alpha value is -3.88. The van der Waals surface area contributed by atoms with Crippen LogP contribution >= 0.6 is 11.3 Å². The van der Waals surface area contributed by atoms with Crippen LogP contribution < -0.4 is 16.0 Å². The van der Waals surface area contributed by atoms with Crippen LogP contribution in [0.15, 0.2) is 40.2 Å². The molecule has 1 N–H and O–H groups in total. The second kappa shape index (κ2) is 12.3. The maximum absolute atomic E-state index is 14.4. The van der Waals surface area contributed by atoms with Gasteiger partial charge in [0.2, 0.25) is 5.91 Å². The van der Waals surface area contributed by atoms with Gasteiger partial charge in [-0.3, -0.25) is 14.2 Å². The number of rotatable bonds is 11. The van der Waals surface area contributed by atoms with Gasteiger partial charge in [-0.2, -0.15) is 10.2 Å². The van der Waals surface area contributed by atoms with Crippen LogP contribution in [0.1, 0.15) is 44.0 Å². The van der Waals surface area contributed by atoms with E-state index in [2.05, 4.69) is 10.2 Å². The predicted molar refractivity (Wildman–Crippen MR) is 151 cm³/mol. The number of nitrogens with zero attached hydrogens (tertiary/aromatic N) is 6. The molecule has 220 valence electrons. The molecule has 0 saturated carbocycles. The summed E-state index contributed by atoms with van der Waals surface area (Å²) in [5.74, 6) is -0.638. The lowest BCUT2D eigenvalue weighted by Gasteiger charge is -2.27. The molecule has 0 radical (unpaired) electrons. The molecule has 14 heteroatoms. The van der Waals surface area contributed by atoms with E-state index in [0.29, 0.717) is 26.7 Å². The van der Waals surface area contributed by atoms with E-state index < -0.39 is 35.1 Å². The summed E-state index contributed by atoms with van der Waals surface area (Å²) in [6.45, 7) is 6.28. The Kier molecular flexibility index (Phi) is 9.05. The van der Waals surface area contributed by atoms with Gasteiger partial charge in [-0.15, -0.1) is 4.80 Å². The summed E-state index contributed by atoms with van der Waals surface area (Å²) in [6.07, 6.45) is 2.02. The number of thiophene rings is 1. The molecule has 1 unspecified atom stereocenters. The summed E-state index contributed by atoms with van der Waals surface area (Å²) in [7, 11) is 3.03. The summed E-state index contributed by atoms with van der Waals surface area (Å²) in [5.41, 5.74) is -0.524. The lowest BCUT2D eigenvalue weighted by molar-refractivity contribution is -0.134. The minimum atomic E-state index is -1.12. The number of ether oxygens (including phenoxy) is 2. The molecule has 0 fully saturated rings. The Bertz CT molecular complexity index is 1660. The molecule has 0 saturated heterocycles. The molecule has 1 amide bonds. The fourth-order valence-electron chi connectivity index (χ4n) is 4.58. The number of methoxy groups -OCH3 is 1.